The van der Waals surface area contributed by atoms with Crippen molar-refractivity contribution >= 4 is 34.1 Å². The van der Waals surface area contributed by atoms with Crippen molar-refractivity contribution in [3.05, 3.63) is 64.5 Å². The van der Waals surface area contributed by atoms with Gasteiger partial charge in [-0.05, 0) is 37.1 Å². The fraction of sp³-hybridized carbons (Fsp3) is 0.200. The Balaban J connectivity index is 1.71. The molecule has 2 N–H and O–H groups in total. The number of urea groups is 1. The average molecular weight is 385 g/mol. The van der Waals surface area contributed by atoms with Crippen molar-refractivity contribution in [2.45, 2.75) is 12.8 Å². The first-order valence-corrected chi connectivity index (χ1v) is 8.87. The van der Waals surface area contributed by atoms with E-state index < -0.39 is 23.3 Å². The molecule has 0 spiro atoms. The van der Waals surface area contributed by atoms with E-state index in [9.17, 15) is 18.4 Å². The van der Waals surface area contributed by atoms with Gasteiger partial charge < -0.3 is 14.6 Å². The van der Waals surface area contributed by atoms with Gasteiger partial charge in [0.05, 0.1) is 11.4 Å². The molecule has 0 radical (unpaired) electrons. The molecule has 0 atom stereocenters. The Morgan fingerprint density at radius 2 is 1.79 bits per heavy atom. The number of benzene rings is 2. The quantitative estimate of drug-likeness (QED) is 0.659. The predicted molar refractivity (Wildman–Crippen MR) is 103 cm³/mol. The fourth-order valence-corrected chi connectivity index (χ4v) is 3.37. The van der Waals surface area contributed by atoms with Gasteiger partial charge in [0, 0.05) is 24.5 Å². The minimum absolute atomic E-state index is 0.0133. The van der Waals surface area contributed by atoms with E-state index in [-0.39, 0.29) is 11.4 Å². The third-order valence-corrected chi connectivity index (χ3v) is 4.63. The summed E-state index contributed by atoms with van der Waals surface area (Å²) in [6.07, 6.45) is 1.95. The normalized spacial score (nSPS) is 13.7. The molecule has 3 aromatic rings. The van der Waals surface area contributed by atoms with Crippen LogP contribution in [0.5, 0.6) is 0 Å². The highest BCUT2D eigenvalue weighted by molar-refractivity contribution is 6.06. The first-order chi connectivity index (χ1) is 13.5. The molecule has 2 amide bonds. The Bertz CT molecular complexity index is 1110. The van der Waals surface area contributed by atoms with Crippen molar-refractivity contribution in [1.82, 2.24) is 0 Å². The van der Waals surface area contributed by atoms with Gasteiger partial charge in [-0.1, -0.05) is 12.1 Å². The van der Waals surface area contributed by atoms with Crippen LogP contribution in [-0.2, 0) is 0 Å². The maximum absolute atomic E-state index is 13.8. The summed E-state index contributed by atoms with van der Waals surface area (Å²) in [6, 6.07) is 9.05. The molecule has 1 aromatic heterocycles. The maximum Gasteiger partial charge on any atom is 0.362 e. The summed E-state index contributed by atoms with van der Waals surface area (Å²) in [5.74, 6) is -1.67. The molecule has 4 rings (SSSR count). The SMILES string of the molecule is O=C(Nc1ccc(F)cc1F)Nc1c(N2CCCC2)c2ccccc2oc1=O. The van der Waals surface area contributed by atoms with E-state index in [1.165, 1.54) is 0 Å². The first kappa shape index (κ1) is 18.0. The van der Waals surface area contributed by atoms with Crippen molar-refractivity contribution in [2.75, 3.05) is 28.6 Å². The molecule has 0 unspecified atom stereocenters. The molecular formula is C20H17F2N3O3. The number of anilines is 3. The largest absolute Gasteiger partial charge is 0.421 e. The zero-order chi connectivity index (χ0) is 19.7. The van der Waals surface area contributed by atoms with Crippen LogP contribution in [0, 0.1) is 11.6 Å². The summed E-state index contributed by atoms with van der Waals surface area (Å²) in [7, 11) is 0. The summed E-state index contributed by atoms with van der Waals surface area (Å²) in [5, 5.41) is 5.47. The molecule has 28 heavy (non-hydrogen) atoms. The molecule has 1 aliphatic heterocycles. The van der Waals surface area contributed by atoms with Gasteiger partial charge in [-0.3, -0.25) is 5.32 Å². The van der Waals surface area contributed by atoms with E-state index >= 15 is 0 Å². The van der Waals surface area contributed by atoms with Crippen molar-refractivity contribution in [2.24, 2.45) is 0 Å². The summed E-state index contributed by atoms with van der Waals surface area (Å²) in [4.78, 5) is 27.0. The van der Waals surface area contributed by atoms with Crippen LogP contribution in [0.3, 0.4) is 0 Å². The van der Waals surface area contributed by atoms with Crippen LogP contribution in [0.4, 0.5) is 30.6 Å². The lowest BCUT2D eigenvalue weighted by atomic mass is 10.1. The van der Waals surface area contributed by atoms with Crippen LogP contribution in [0.25, 0.3) is 11.0 Å². The third kappa shape index (κ3) is 3.40. The molecule has 8 heteroatoms. The Kier molecular flexibility index (Phi) is 4.68. The number of carbonyl (C=O) groups excluding carboxylic acids is 1. The van der Waals surface area contributed by atoms with Gasteiger partial charge in [0.1, 0.15) is 17.2 Å². The second kappa shape index (κ2) is 7.30. The van der Waals surface area contributed by atoms with E-state index in [1.54, 1.807) is 12.1 Å². The number of carbonyl (C=O) groups is 1. The molecule has 0 saturated carbocycles. The van der Waals surface area contributed by atoms with Gasteiger partial charge in [0.2, 0.25) is 0 Å². The van der Waals surface area contributed by atoms with Crippen LogP contribution in [0.15, 0.2) is 51.7 Å². The summed E-state index contributed by atoms with van der Waals surface area (Å²) in [5.41, 5.74) is 0.0896. The maximum atomic E-state index is 13.8. The molecule has 1 aliphatic rings. The number of nitrogens with one attached hydrogen (secondary N) is 2. The third-order valence-electron chi connectivity index (χ3n) is 4.63. The van der Waals surface area contributed by atoms with Gasteiger partial charge in [-0.25, -0.2) is 18.4 Å². The van der Waals surface area contributed by atoms with E-state index in [0.717, 1.165) is 38.1 Å². The van der Waals surface area contributed by atoms with E-state index in [2.05, 4.69) is 10.6 Å². The predicted octanol–water partition coefficient (Wildman–Crippen LogP) is 4.32. The molecule has 6 nitrogen and oxygen atoms in total. The summed E-state index contributed by atoms with van der Waals surface area (Å²) >= 11 is 0. The Hall–Kier alpha value is -3.42. The number of fused-ring (bicyclic) bond motifs is 1. The second-order valence-electron chi connectivity index (χ2n) is 6.51. The smallest absolute Gasteiger partial charge is 0.362 e. The lowest BCUT2D eigenvalue weighted by Gasteiger charge is -2.22. The van der Waals surface area contributed by atoms with Crippen molar-refractivity contribution in [3.63, 3.8) is 0 Å². The molecule has 0 aliphatic carbocycles. The lowest BCUT2D eigenvalue weighted by molar-refractivity contribution is 0.262. The monoisotopic (exact) mass is 385 g/mol. The highest BCUT2D eigenvalue weighted by Crippen LogP contribution is 2.34. The number of rotatable bonds is 3. The van der Waals surface area contributed by atoms with Crippen molar-refractivity contribution in [1.29, 1.82) is 0 Å². The van der Waals surface area contributed by atoms with Crippen LogP contribution >= 0.6 is 0 Å². The van der Waals surface area contributed by atoms with Crippen LogP contribution in [0.2, 0.25) is 0 Å². The molecule has 2 heterocycles. The molecular weight excluding hydrogens is 368 g/mol. The highest BCUT2D eigenvalue weighted by atomic mass is 19.1. The summed E-state index contributed by atoms with van der Waals surface area (Å²) < 4.78 is 32.2. The molecule has 1 saturated heterocycles. The number of hydrogen-bond donors (Lipinski definition) is 2. The van der Waals surface area contributed by atoms with Gasteiger partial charge in [0.25, 0.3) is 0 Å². The number of para-hydroxylation sites is 1. The number of amides is 2. The van der Waals surface area contributed by atoms with Crippen molar-refractivity contribution in [3.8, 4) is 0 Å². The second-order valence-corrected chi connectivity index (χ2v) is 6.51. The van der Waals surface area contributed by atoms with E-state index in [4.69, 9.17) is 4.42 Å². The van der Waals surface area contributed by atoms with E-state index in [0.29, 0.717) is 22.7 Å². The van der Waals surface area contributed by atoms with Crippen LogP contribution in [0.1, 0.15) is 12.8 Å². The Morgan fingerprint density at radius 3 is 2.54 bits per heavy atom. The molecule has 2 aromatic carbocycles. The first-order valence-electron chi connectivity index (χ1n) is 8.87. The van der Waals surface area contributed by atoms with Gasteiger partial charge >= 0.3 is 11.7 Å². The van der Waals surface area contributed by atoms with Crippen LogP contribution in [-0.4, -0.2) is 19.1 Å². The van der Waals surface area contributed by atoms with Crippen LogP contribution < -0.4 is 21.2 Å². The fourth-order valence-electron chi connectivity index (χ4n) is 3.37. The van der Waals surface area contributed by atoms with Gasteiger partial charge in [-0.15, -0.1) is 0 Å². The molecule has 1 fully saturated rings. The topological polar surface area (TPSA) is 74.6 Å². The molecule has 144 valence electrons. The standard InChI is InChI=1S/C20H17F2N3O3/c21-12-7-8-15(14(22)11-12)23-20(27)24-17-18(25-9-3-4-10-25)13-5-1-2-6-16(13)28-19(17)26/h1-2,5-8,11H,3-4,9-10H2,(H2,23,24,27). The minimum Gasteiger partial charge on any atom is -0.421 e. The summed E-state index contributed by atoms with van der Waals surface area (Å²) in [6.45, 7) is 1.49. The Morgan fingerprint density at radius 1 is 1.04 bits per heavy atom. The van der Waals surface area contributed by atoms with Gasteiger partial charge in [-0.2, -0.15) is 0 Å². The Labute approximate surface area is 158 Å². The minimum atomic E-state index is -0.916. The zero-order valence-electron chi connectivity index (χ0n) is 14.8. The number of hydrogen-bond acceptors (Lipinski definition) is 4. The zero-order valence-corrected chi connectivity index (χ0v) is 14.8. The average Bonchev–Trinajstić information content (AvgIpc) is 3.19. The van der Waals surface area contributed by atoms with Gasteiger partial charge in [0.15, 0.2) is 5.69 Å². The van der Waals surface area contributed by atoms with E-state index in [1.807, 2.05) is 17.0 Å². The molecule has 0 bridgehead atoms. The number of nitrogens with zero attached hydrogens (tertiary/aromatic N) is 1. The number of halogens is 2. The lowest BCUT2D eigenvalue weighted by Crippen LogP contribution is -2.28. The van der Waals surface area contributed by atoms with Crippen molar-refractivity contribution < 1.29 is 18.0 Å². The highest BCUT2D eigenvalue weighted by Gasteiger charge is 2.24.